The fourth-order valence-corrected chi connectivity index (χ4v) is 2.55. The second-order valence-corrected chi connectivity index (χ2v) is 4.18. The third-order valence-corrected chi connectivity index (χ3v) is 3.28. The fourth-order valence-electron chi connectivity index (χ4n) is 2.55. The van der Waals surface area contributed by atoms with Crippen molar-refractivity contribution in [3.63, 3.8) is 0 Å². The van der Waals surface area contributed by atoms with Crippen LogP contribution in [0, 0.1) is 0 Å². The quantitative estimate of drug-likeness (QED) is 0.591. The zero-order chi connectivity index (χ0) is 10.5. The Morgan fingerprint density at radius 1 is 1.06 bits per heavy atom. The van der Waals surface area contributed by atoms with E-state index in [1.165, 1.54) is 21.9 Å². The Morgan fingerprint density at radius 2 is 2.00 bits per heavy atom. The second kappa shape index (κ2) is 2.73. The molecule has 0 unspecified atom stereocenters. The summed E-state index contributed by atoms with van der Waals surface area (Å²) in [6, 6.07) is 12.6. The van der Waals surface area contributed by atoms with Crippen molar-refractivity contribution in [2.75, 3.05) is 0 Å². The van der Waals surface area contributed by atoms with Crippen LogP contribution in [-0.4, -0.2) is 0 Å². The maximum atomic E-state index is 4.65. The number of fused-ring (bicyclic) bond motifs is 5. The van der Waals surface area contributed by atoms with Gasteiger partial charge in [-0.3, -0.25) is 0 Å². The molecule has 0 radical (unpaired) electrons. The first-order valence-electron chi connectivity index (χ1n) is 5.47. The summed E-state index contributed by atoms with van der Waals surface area (Å²) in [7, 11) is 0. The van der Waals surface area contributed by atoms with Gasteiger partial charge in [-0.1, -0.05) is 24.3 Å². The van der Waals surface area contributed by atoms with Crippen LogP contribution in [0.15, 0.2) is 41.4 Å². The number of hydrogen-bond donors (Lipinski definition) is 1. The van der Waals surface area contributed by atoms with Crippen molar-refractivity contribution < 1.29 is 0 Å². The van der Waals surface area contributed by atoms with E-state index in [4.69, 9.17) is 0 Å². The van der Waals surface area contributed by atoms with Gasteiger partial charge >= 0.3 is 0 Å². The highest BCUT2D eigenvalue weighted by Crippen LogP contribution is 2.33. The zero-order valence-corrected chi connectivity index (χ0v) is 8.70. The van der Waals surface area contributed by atoms with E-state index < -0.39 is 0 Å². The average molecular weight is 206 g/mol. The van der Waals surface area contributed by atoms with Crippen LogP contribution in [0.4, 0.5) is 5.69 Å². The summed E-state index contributed by atoms with van der Waals surface area (Å²) < 4.78 is 0. The van der Waals surface area contributed by atoms with Gasteiger partial charge in [0.25, 0.3) is 0 Å². The molecule has 16 heavy (non-hydrogen) atoms. The molecular weight excluding hydrogens is 196 g/mol. The molecule has 2 aliphatic heterocycles. The molecule has 2 heterocycles. The summed E-state index contributed by atoms with van der Waals surface area (Å²) in [6.07, 6.45) is 2.08. The summed E-state index contributed by atoms with van der Waals surface area (Å²) in [6.45, 7) is 0.919. The molecule has 0 fully saturated rings. The molecule has 0 aliphatic carbocycles. The highest BCUT2D eigenvalue weighted by Gasteiger charge is 2.18. The van der Waals surface area contributed by atoms with Gasteiger partial charge in [0.05, 0.1) is 11.0 Å². The van der Waals surface area contributed by atoms with E-state index in [-0.39, 0.29) is 0 Å². The minimum atomic E-state index is 0.919. The van der Waals surface area contributed by atoms with E-state index >= 15 is 0 Å². The summed E-state index contributed by atoms with van der Waals surface area (Å²) in [5.74, 6) is 0. The molecule has 0 saturated carbocycles. The lowest BCUT2D eigenvalue weighted by Gasteiger charge is -2.03. The molecule has 0 saturated heterocycles. The Balaban J connectivity index is 2.18. The molecular formula is C14H10N2. The van der Waals surface area contributed by atoms with E-state index in [1.807, 2.05) is 6.07 Å². The average Bonchev–Trinajstić information content (AvgIpc) is 2.91. The third-order valence-electron chi connectivity index (χ3n) is 3.28. The molecule has 0 atom stereocenters. The number of nitrogens with zero attached hydrogens (tertiary/aromatic N) is 1. The standard InChI is InChI=1S/C14H10N2/c1-2-4-12-10(3-1)14-11-8-15-7-9(11)5-6-13(14)16-12/h1-7,15H,8H2. The van der Waals surface area contributed by atoms with Gasteiger partial charge in [-0.15, -0.1) is 0 Å². The van der Waals surface area contributed by atoms with E-state index in [0.29, 0.717) is 0 Å². The minimum Gasteiger partial charge on any atom is -0.386 e. The van der Waals surface area contributed by atoms with E-state index in [0.717, 1.165) is 17.6 Å². The molecule has 0 spiro atoms. The van der Waals surface area contributed by atoms with Crippen molar-refractivity contribution in [2.24, 2.45) is 4.99 Å². The molecule has 1 N–H and O–H groups in total. The van der Waals surface area contributed by atoms with Crippen molar-refractivity contribution in [1.82, 2.24) is 5.32 Å². The number of rotatable bonds is 0. The zero-order valence-electron chi connectivity index (χ0n) is 8.70. The molecule has 2 aromatic rings. The van der Waals surface area contributed by atoms with Crippen molar-refractivity contribution >= 4 is 11.9 Å². The maximum Gasteiger partial charge on any atom is 0.0720 e. The summed E-state index contributed by atoms with van der Waals surface area (Å²) in [4.78, 5) is 4.65. The molecule has 2 aromatic carbocycles. The predicted octanol–water partition coefficient (Wildman–Crippen LogP) is 1.46. The number of hydrogen-bond acceptors (Lipinski definition) is 2. The summed E-state index contributed by atoms with van der Waals surface area (Å²) in [5.41, 5.74) is 5.06. The van der Waals surface area contributed by atoms with Gasteiger partial charge < -0.3 is 5.32 Å². The van der Waals surface area contributed by atoms with E-state index in [2.05, 4.69) is 46.8 Å². The summed E-state index contributed by atoms with van der Waals surface area (Å²) in [5, 5.41) is 5.69. The van der Waals surface area contributed by atoms with Gasteiger partial charge in [-0.25, -0.2) is 4.99 Å². The molecule has 4 rings (SSSR count). The van der Waals surface area contributed by atoms with Crippen LogP contribution in [0.1, 0.15) is 5.56 Å². The molecule has 76 valence electrons. The first-order chi connectivity index (χ1) is 7.93. The van der Waals surface area contributed by atoms with Gasteiger partial charge in [0.2, 0.25) is 0 Å². The monoisotopic (exact) mass is 206 g/mol. The van der Waals surface area contributed by atoms with Gasteiger partial charge in [-0.05, 0) is 22.9 Å². The highest BCUT2D eigenvalue weighted by atomic mass is 14.9. The normalized spacial score (nSPS) is 14.2. The van der Waals surface area contributed by atoms with Crippen molar-refractivity contribution in [1.29, 1.82) is 0 Å². The Kier molecular flexibility index (Phi) is 1.38. The van der Waals surface area contributed by atoms with Crippen molar-refractivity contribution in [2.45, 2.75) is 6.54 Å². The SMILES string of the molecule is C1=c2ccc3c(c2CN1)-c1ccccc1N=3. The largest absolute Gasteiger partial charge is 0.386 e. The maximum absolute atomic E-state index is 4.65. The first kappa shape index (κ1) is 8.11. The second-order valence-electron chi connectivity index (χ2n) is 4.18. The number of nitrogens with one attached hydrogen (secondary N) is 1. The van der Waals surface area contributed by atoms with Crippen LogP contribution in [0.5, 0.6) is 0 Å². The predicted molar refractivity (Wildman–Crippen MR) is 63.6 cm³/mol. The molecule has 0 aromatic heterocycles. The summed E-state index contributed by atoms with van der Waals surface area (Å²) >= 11 is 0. The van der Waals surface area contributed by atoms with Crippen LogP contribution in [0.25, 0.3) is 17.3 Å². The van der Waals surface area contributed by atoms with Gasteiger partial charge in [0.15, 0.2) is 0 Å². The van der Waals surface area contributed by atoms with Crippen molar-refractivity contribution in [3.8, 4) is 11.1 Å². The lowest BCUT2D eigenvalue weighted by Crippen LogP contribution is -2.13. The Hall–Kier alpha value is -2.09. The third kappa shape index (κ3) is 0.890. The van der Waals surface area contributed by atoms with Crippen LogP contribution in [0.2, 0.25) is 0 Å². The Morgan fingerprint density at radius 3 is 3.00 bits per heavy atom. The lowest BCUT2D eigenvalue weighted by molar-refractivity contribution is 0.949. The van der Waals surface area contributed by atoms with Gasteiger partial charge in [0, 0.05) is 23.9 Å². The molecule has 2 nitrogen and oxygen atoms in total. The number of para-hydroxylation sites is 1. The topological polar surface area (TPSA) is 24.4 Å². The molecule has 2 heteroatoms. The van der Waals surface area contributed by atoms with E-state index in [9.17, 15) is 0 Å². The molecule has 2 aliphatic rings. The van der Waals surface area contributed by atoms with Crippen LogP contribution in [0.3, 0.4) is 0 Å². The van der Waals surface area contributed by atoms with Gasteiger partial charge in [-0.2, -0.15) is 0 Å². The Bertz CT molecular complexity index is 714. The van der Waals surface area contributed by atoms with Gasteiger partial charge in [0.1, 0.15) is 0 Å². The van der Waals surface area contributed by atoms with Crippen molar-refractivity contribution in [3.05, 3.63) is 52.5 Å². The smallest absolute Gasteiger partial charge is 0.0720 e. The number of benzene rings is 2. The fraction of sp³-hybridized carbons (Fsp3) is 0.0714. The minimum absolute atomic E-state index is 0.919. The Labute approximate surface area is 93.0 Å². The molecule has 0 bridgehead atoms. The van der Waals surface area contributed by atoms with E-state index in [1.54, 1.807) is 0 Å². The van der Waals surface area contributed by atoms with Crippen LogP contribution >= 0.6 is 0 Å². The van der Waals surface area contributed by atoms with Crippen LogP contribution in [-0.2, 0) is 6.54 Å². The van der Waals surface area contributed by atoms with Crippen LogP contribution < -0.4 is 15.9 Å². The highest BCUT2D eigenvalue weighted by molar-refractivity contribution is 5.81. The first-order valence-corrected chi connectivity index (χ1v) is 5.47. The molecule has 0 amide bonds. The lowest BCUT2D eigenvalue weighted by atomic mass is 9.99.